The maximum atomic E-state index is 12.6. The molecule has 2 aromatic rings. The highest BCUT2D eigenvalue weighted by molar-refractivity contribution is 7.98. The number of nitrogens with one attached hydrogen (secondary N) is 2. The summed E-state index contributed by atoms with van der Waals surface area (Å²) in [6.07, 6.45) is 3.51. The summed E-state index contributed by atoms with van der Waals surface area (Å²) in [5.41, 5.74) is 4.21. The molecule has 28 heavy (non-hydrogen) atoms. The van der Waals surface area contributed by atoms with Crippen molar-refractivity contribution in [3.05, 3.63) is 59.7 Å². The van der Waals surface area contributed by atoms with Crippen LogP contribution >= 0.6 is 11.8 Å². The van der Waals surface area contributed by atoms with Crippen molar-refractivity contribution in [3.63, 3.8) is 0 Å². The number of hydrazone groups is 1. The number of sulfonamides is 1. The molecule has 1 amide bonds. The Labute approximate surface area is 170 Å². The van der Waals surface area contributed by atoms with Gasteiger partial charge in [-0.25, -0.2) is 13.8 Å². The lowest BCUT2D eigenvalue weighted by atomic mass is 10.1. The zero-order chi connectivity index (χ0) is 20.7. The van der Waals surface area contributed by atoms with E-state index in [1.54, 1.807) is 37.7 Å². The van der Waals surface area contributed by atoms with Crippen LogP contribution in [0.15, 0.2) is 63.4 Å². The highest BCUT2D eigenvalue weighted by atomic mass is 32.2. The summed E-state index contributed by atoms with van der Waals surface area (Å²) in [5.74, 6) is -0.765. The zero-order valence-electron chi connectivity index (χ0n) is 16.3. The van der Waals surface area contributed by atoms with E-state index in [-0.39, 0.29) is 10.8 Å². The van der Waals surface area contributed by atoms with Crippen LogP contribution in [0, 0.1) is 12.8 Å². The molecule has 2 N–H and O–H groups in total. The van der Waals surface area contributed by atoms with Gasteiger partial charge in [0.25, 0.3) is 5.91 Å². The van der Waals surface area contributed by atoms with Gasteiger partial charge in [0, 0.05) is 4.90 Å². The number of amides is 1. The minimum atomic E-state index is -3.82. The fraction of sp³-hybridized carbons (Fsp3) is 0.300. The van der Waals surface area contributed by atoms with E-state index in [4.69, 9.17) is 0 Å². The van der Waals surface area contributed by atoms with Crippen LogP contribution < -0.4 is 10.1 Å². The molecule has 0 aliphatic rings. The number of rotatable bonds is 8. The lowest BCUT2D eigenvalue weighted by Crippen LogP contribution is -2.48. The zero-order valence-corrected chi connectivity index (χ0v) is 18.0. The molecule has 8 heteroatoms. The summed E-state index contributed by atoms with van der Waals surface area (Å²) in [5, 5.41) is 3.95. The smallest absolute Gasteiger partial charge is 0.258 e. The van der Waals surface area contributed by atoms with E-state index >= 15 is 0 Å². The van der Waals surface area contributed by atoms with Gasteiger partial charge in [0.2, 0.25) is 10.0 Å². The van der Waals surface area contributed by atoms with Gasteiger partial charge in [-0.1, -0.05) is 43.7 Å². The number of benzene rings is 2. The van der Waals surface area contributed by atoms with Gasteiger partial charge >= 0.3 is 0 Å². The molecule has 0 spiro atoms. The highest BCUT2D eigenvalue weighted by Crippen LogP contribution is 2.14. The number of nitrogens with zero attached hydrogens (tertiary/aromatic N) is 1. The van der Waals surface area contributed by atoms with Crippen molar-refractivity contribution in [1.29, 1.82) is 0 Å². The van der Waals surface area contributed by atoms with Crippen molar-refractivity contribution in [2.24, 2.45) is 11.0 Å². The van der Waals surface area contributed by atoms with E-state index in [1.165, 1.54) is 18.3 Å². The Kier molecular flexibility index (Phi) is 7.79. The third kappa shape index (κ3) is 6.19. The first-order valence-electron chi connectivity index (χ1n) is 8.79. The number of hydrogen-bond donors (Lipinski definition) is 2. The molecule has 2 rings (SSSR count). The Balaban J connectivity index is 2.06. The molecule has 0 saturated carbocycles. The molecule has 0 heterocycles. The van der Waals surface area contributed by atoms with Crippen LogP contribution in [-0.4, -0.2) is 32.8 Å². The fourth-order valence-electron chi connectivity index (χ4n) is 2.37. The van der Waals surface area contributed by atoms with Gasteiger partial charge in [0.05, 0.1) is 11.1 Å². The Morgan fingerprint density at radius 1 is 1.07 bits per heavy atom. The largest absolute Gasteiger partial charge is 0.271 e. The van der Waals surface area contributed by atoms with Crippen molar-refractivity contribution in [2.45, 2.75) is 36.6 Å². The quantitative estimate of drug-likeness (QED) is 0.391. The third-order valence-corrected chi connectivity index (χ3v) is 6.27. The van der Waals surface area contributed by atoms with Crippen molar-refractivity contribution >= 4 is 33.9 Å². The topological polar surface area (TPSA) is 87.6 Å². The Hall–Kier alpha value is -2.16. The van der Waals surface area contributed by atoms with Crippen LogP contribution in [0.3, 0.4) is 0 Å². The van der Waals surface area contributed by atoms with E-state index in [9.17, 15) is 13.2 Å². The second-order valence-corrected chi connectivity index (χ2v) is 9.26. The maximum Gasteiger partial charge on any atom is 0.258 e. The van der Waals surface area contributed by atoms with E-state index in [0.29, 0.717) is 0 Å². The predicted molar refractivity (Wildman–Crippen MR) is 114 cm³/mol. The second kappa shape index (κ2) is 9.86. The molecular formula is C20H25N3O3S2. The number of carbonyl (C=O) groups is 1. The van der Waals surface area contributed by atoms with Gasteiger partial charge in [0.15, 0.2) is 0 Å². The molecule has 150 valence electrons. The first-order valence-corrected chi connectivity index (χ1v) is 11.5. The Bertz CT molecular complexity index is 922. The summed E-state index contributed by atoms with van der Waals surface area (Å²) < 4.78 is 27.6. The second-order valence-electron chi connectivity index (χ2n) is 6.66. The van der Waals surface area contributed by atoms with E-state index in [2.05, 4.69) is 15.2 Å². The molecule has 0 unspecified atom stereocenters. The molecule has 0 aromatic heterocycles. The molecule has 2 aromatic carbocycles. The van der Waals surface area contributed by atoms with Crippen LogP contribution in [-0.2, 0) is 14.8 Å². The van der Waals surface area contributed by atoms with Crippen LogP contribution in [0.5, 0.6) is 0 Å². The third-order valence-electron chi connectivity index (χ3n) is 4.07. The lowest BCUT2D eigenvalue weighted by molar-refractivity contribution is -0.123. The van der Waals surface area contributed by atoms with Gasteiger partial charge in [-0.2, -0.15) is 9.82 Å². The van der Waals surface area contributed by atoms with Crippen LogP contribution in [0.1, 0.15) is 25.0 Å². The predicted octanol–water partition coefficient (Wildman–Crippen LogP) is 3.17. The van der Waals surface area contributed by atoms with Gasteiger partial charge in [-0.05, 0) is 48.9 Å². The normalized spacial score (nSPS) is 13.0. The summed E-state index contributed by atoms with van der Waals surface area (Å²) in [6.45, 7) is 5.42. The summed E-state index contributed by atoms with van der Waals surface area (Å²) in [6, 6.07) is 13.2. The molecule has 0 radical (unpaired) electrons. The van der Waals surface area contributed by atoms with Crippen molar-refractivity contribution in [1.82, 2.24) is 10.1 Å². The SMILES string of the molecule is CSc1ccc(/C=N\NC(=O)[C@H](NS(=O)(=O)c2ccc(C)cc2)C(C)C)cc1. The Morgan fingerprint density at radius 3 is 2.21 bits per heavy atom. The van der Waals surface area contributed by atoms with Gasteiger partial charge in [0.1, 0.15) is 6.04 Å². The molecule has 0 aliphatic carbocycles. The van der Waals surface area contributed by atoms with Gasteiger partial charge in [-0.15, -0.1) is 11.8 Å². The number of carbonyl (C=O) groups excluding carboxylic acids is 1. The summed E-state index contributed by atoms with van der Waals surface area (Å²) in [4.78, 5) is 13.7. The minimum Gasteiger partial charge on any atom is -0.271 e. The molecule has 0 saturated heterocycles. The van der Waals surface area contributed by atoms with Crippen molar-refractivity contribution < 1.29 is 13.2 Å². The number of aryl methyl sites for hydroxylation is 1. The first-order chi connectivity index (χ1) is 13.2. The van der Waals surface area contributed by atoms with Gasteiger partial charge in [-0.3, -0.25) is 4.79 Å². The van der Waals surface area contributed by atoms with E-state index < -0.39 is 22.0 Å². The molecule has 6 nitrogen and oxygen atoms in total. The fourth-order valence-corrected chi connectivity index (χ4v) is 4.13. The van der Waals surface area contributed by atoms with Crippen LogP contribution in [0.4, 0.5) is 0 Å². The minimum absolute atomic E-state index is 0.119. The van der Waals surface area contributed by atoms with E-state index in [1.807, 2.05) is 37.4 Å². The summed E-state index contributed by atoms with van der Waals surface area (Å²) >= 11 is 1.64. The van der Waals surface area contributed by atoms with Crippen molar-refractivity contribution in [3.8, 4) is 0 Å². The van der Waals surface area contributed by atoms with Crippen LogP contribution in [0.2, 0.25) is 0 Å². The monoisotopic (exact) mass is 419 g/mol. The maximum absolute atomic E-state index is 12.6. The highest BCUT2D eigenvalue weighted by Gasteiger charge is 2.28. The average molecular weight is 420 g/mol. The molecular weight excluding hydrogens is 394 g/mol. The standard InChI is InChI=1S/C20H25N3O3S2/c1-14(2)19(23-28(25,26)18-11-5-15(3)6-12-18)20(24)22-21-13-16-7-9-17(27-4)10-8-16/h5-14,19,23H,1-4H3,(H,22,24)/b21-13-/t19-/m1/s1. The summed E-state index contributed by atoms with van der Waals surface area (Å²) in [7, 11) is -3.82. The molecule has 0 bridgehead atoms. The molecule has 0 fully saturated rings. The van der Waals surface area contributed by atoms with Crippen molar-refractivity contribution in [2.75, 3.05) is 6.26 Å². The molecule has 0 aliphatic heterocycles. The van der Waals surface area contributed by atoms with Crippen LogP contribution in [0.25, 0.3) is 0 Å². The number of hydrogen-bond acceptors (Lipinski definition) is 5. The number of thioether (sulfide) groups is 1. The first kappa shape index (κ1) is 22.1. The molecule has 1 atom stereocenters. The lowest BCUT2D eigenvalue weighted by Gasteiger charge is -2.20. The Morgan fingerprint density at radius 2 is 1.68 bits per heavy atom. The van der Waals surface area contributed by atoms with E-state index in [0.717, 1.165) is 16.0 Å². The average Bonchev–Trinajstić information content (AvgIpc) is 2.66. The van der Waals surface area contributed by atoms with Gasteiger partial charge < -0.3 is 0 Å².